The zero-order chi connectivity index (χ0) is 15.5. The number of H-pyrrole nitrogens is 1. The second-order valence-corrected chi connectivity index (χ2v) is 5.03. The van der Waals surface area contributed by atoms with E-state index in [0.717, 1.165) is 16.5 Å². The first-order valence-corrected chi connectivity index (χ1v) is 7.02. The highest BCUT2D eigenvalue weighted by atomic mass is 16.4. The summed E-state index contributed by atoms with van der Waals surface area (Å²) < 4.78 is 1.56. The summed E-state index contributed by atoms with van der Waals surface area (Å²) in [6, 6.07) is 7.85. The molecule has 0 bridgehead atoms. The van der Waals surface area contributed by atoms with Crippen LogP contribution in [0.25, 0.3) is 10.9 Å². The summed E-state index contributed by atoms with van der Waals surface area (Å²) in [5, 5.41) is 26.9. The smallest absolute Gasteiger partial charge is 0.358 e. The first-order valence-electron chi connectivity index (χ1n) is 7.02. The monoisotopic (exact) mass is 300 g/mol. The van der Waals surface area contributed by atoms with E-state index in [2.05, 4.69) is 15.3 Å². The SMILES string of the molecule is O=C(O)c1nnn(CCCO)c1Cc1c[nH]c2ccccc12. The van der Waals surface area contributed by atoms with Crippen molar-refractivity contribution in [3.05, 3.63) is 47.4 Å². The molecular weight excluding hydrogens is 284 g/mol. The van der Waals surface area contributed by atoms with Crippen molar-refractivity contribution >= 4 is 16.9 Å². The standard InChI is InChI=1S/C15H16N4O3/c20-7-3-6-19-13(14(15(21)22)17-18-19)8-10-9-16-12-5-2-1-4-11(10)12/h1-2,4-5,9,16,20H,3,6-8H2,(H,21,22). The van der Waals surface area contributed by atoms with Gasteiger partial charge < -0.3 is 15.2 Å². The fourth-order valence-electron chi connectivity index (χ4n) is 2.53. The van der Waals surface area contributed by atoms with E-state index in [-0.39, 0.29) is 12.3 Å². The maximum Gasteiger partial charge on any atom is 0.358 e. The number of aromatic nitrogens is 4. The largest absolute Gasteiger partial charge is 0.476 e. The Morgan fingerprint density at radius 3 is 2.91 bits per heavy atom. The summed E-state index contributed by atoms with van der Waals surface area (Å²) in [6.45, 7) is 0.462. The molecule has 0 spiro atoms. The topological polar surface area (TPSA) is 104 Å². The van der Waals surface area contributed by atoms with E-state index in [0.29, 0.717) is 25.1 Å². The highest BCUT2D eigenvalue weighted by Crippen LogP contribution is 2.22. The minimum Gasteiger partial charge on any atom is -0.476 e. The van der Waals surface area contributed by atoms with E-state index in [1.165, 1.54) is 0 Å². The van der Waals surface area contributed by atoms with Gasteiger partial charge in [-0.05, 0) is 18.1 Å². The quantitative estimate of drug-likeness (QED) is 0.639. The molecular formula is C15H16N4O3. The van der Waals surface area contributed by atoms with Gasteiger partial charge in [0.05, 0.1) is 5.69 Å². The lowest BCUT2D eigenvalue weighted by Crippen LogP contribution is -2.10. The van der Waals surface area contributed by atoms with Crippen LogP contribution in [0.3, 0.4) is 0 Å². The van der Waals surface area contributed by atoms with Gasteiger partial charge in [-0.3, -0.25) is 0 Å². The number of carboxylic acid groups (broad SMARTS) is 1. The highest BCUT2D eigenvalue weighted by Gasteiger charge is 2.20. The van der Waals surface area contributed by atoms with Gasteiger partial charge in [0.25, 0.3) is 0 Å². The molecule has 0 aliphatic heterocycles. The molecule has 2 heterocycles. The van der Waals surface area contributed by atoms with E-state index in [9.17, 15) is 9.90 Å². The normalized spacial score (nSPS) is 11.1. The van der Waals surface area contributed by atoms with Gasteiger partial charge in [0, 0.05) is 36.7 Å². The van der Waals surface area contributed by atoms with E-state index < -0.39 is 5.97 Å². The summed E-state index contributed by atoms with van der Waals surface area (Å²) in [5.41, 5.74) is 2.50. The Hall–Kier alpha value is -2.67. The van der Waals surface area contributed by atoms with E-state index in [1.807, 2.05) is 30.5 Å². The number of aromatic amines is 1. The van der Waals surface area contributed by atoms with Gasteiger partial charge in [0.1, 0.15) is 0 Å². The number of carbonyl (C=O) groups is 1. The van der Waals surface area contributed by atoms with Crippen LogP contribution in [0.5, 0.6) is 0 Å². The Morgan fingerprint density at radius 2 is 2.14 bits per heavy atom. The van der Waals surface area contributed by atoms with Crippen LogP contribution in [0.2, 0.25) is 0 Å². The average Bonchev–Trinajstić information content (AvgIpc) is 3.10. The van der Waals surface area contributed by atoms with Crippen LogP contribution < -0.4 is 0 Å². The Bertz CT molecular complexity index is 806. The van der Waals surface area contributed by atoms with E-state index in [1.54, 1.807) is 4.68 Å². The molecule has 0 fully saturated rings. The van der Waals surface area contributed by atoms with E-state index >= 15 is 0 Å². The van der Waals surface area contributed by atoms with Gasteiger partial charge in [-0.2, -0.15) is 0 Å². The molecule has 2 aromatic heterocycles. The van der Waals surface area contributed by atoms with Gasteiger partial charge in [0.2, 0.25) is 0 Å². The summed E-state index contributed by atoms with van der Waals surface area (Å²) in [6.07, 6.45) is 2.80. The number of aromatic carboxylic acids is 1. The molecule has 0 saturated carbocycles. The van der Waals surface area contributed by atoms with Crippen molar-refractivity contribution in [3.8, 4) is 0 Å². The number of aliphatic hydroxyl groups is 1. The third-order valence-corrected chi connectivity index (χ3v) is 3.60. The number of nitrogens with zero attached hydrogens (tertiary/aromatic N) is 3. The van der Waals surface area contributed by atoms with Crippen molar-refractivity contribution in [1.29, 1.82) is 0 Å². The van der Waals surface area contributed by atoms with Crippen molar-refractivity contribution < 1.29 is 15.0 Å². The summed E-state index contributed by atoms with van der Waals surface area (Å²) in [4.78, 5) is 14.5. The highest BCUT2D eigenvalue weighted by molar-refractivity contribution is 5.87. The third kappa shape index (κ3) is 2.58. The van der Waals surface area contributed by atoms with E-state index in [4.69, 9.17) is 5.11 Å². The molecule has 0 unspecified atom stereocenters. The van der Waals surface area contributed by atoms with Crippen molar-refractivity contribution in [3.63, 3.8) is 0 Å². The summed E-state index contributed by atoms with van der Waals surface area (Å²) in [5.74, 6) is -1.09. The molecule has 3 N–H and O–H groups in total. The van der Waals surface area contributed by atoms with Gasteiger partial charge in [-0.25, -0.2) is 9.48 Å². The zero-order valence-electron chi connectivity index (χ0n) is 11.9. The van der Waals surface area contributed by atoms with Crippen molar-refractivity contribution in [2.24, 2.45) is 0 Å². The average molecular weight is 300 g/mol. The summed E-state index contributed by atoms with van der Waals surface area (Å²) in [7, 11) is 0. The predicted octanol–water partition coefficient (Wildman–Crippen LogP) is 1.43. The molecule has 7 nitrogen and oxygen atoms in total. The first kappa shape index (κ1) is 14.3. The summed E-state index contributed by atoms with van der Waals surface area (Å²) >= 11 is 0. The Kier molecular flexibility index (Phi) is 3.88. The Labute approximate surface area is 126 Å². The number of benzene rings is 1. The fraction of sp³-hybridized carbons (Fsp3) is 0.267. The number of aryl methyl sites for hydroxylation is 1. The minimum atomic E-state index is -1.09. The molecule has 3 aromatic rings. The number of para-hydroxylation sites is 1. The number of nitrogens with one attached hydrogen (secondary N) is 1. The maximum absolute atomic E-state index is 11.3. The number of rotatable bonds is 6. The molecule has 0 aliphatic carbocycles. The number of carboxylic acids is 1. The number of aliphatic hydroxyl groups excluding tert-OH is 1. The molecule has 1 aromatic carbocycles. The lowest BCUT2D eigenvalue weighted by atomic mass is 10.1. The molecule has 0 atom stereocenters. The van der Waals surface area contributed by atoms with Gasteiger partial charge in [-0.15, -0.1) is 5.10 Å². The molecule has 7 heteroatoms. The van der Waals surface area contributed by atoms with Crippen LogP contribution in [-0.4, -0.2) is 42.8 Å². The molecule has 0 saturated heterocycles. The van der Waals surface area contributed by atoms with Crippen LogP contribution in [0, 0.1) is 0 Å². The lowest BCUT2D eigenvalue weighted by Gasteiger charge is -2.06. The Morgan fingerprint density at radius 1 is 1.32 bits per heavy atom. The number of hydrogen-bond donors (Lipinski definition) is 3. The predicted molar refractivity (Wildman–Crippen MR) is 79.8 cm³/mol. The minimum absolute atomic E-state index is 0.0226. The third-order valence-electron chi connectivity index (χ3n) is 3.60. The van der Waals surface area contributed by atoms with Gasteiger partial charge in [-0.1, -0.05) is 23.4 Å². The molecule has 22 heavy (non-hydrogen) atoms. The lowest BCUT2D eigenvalue weighted by molar-refractivity contribution is 0.0689. The molecule has 114 valence electrons. The van der Waals surface area contributed by atoms with Crippen molar-refractivity contribution in [2.45, 2.75) is 19.4 Å². The number of hydrogen-bond acceptors (Lipinski definition) is 4. The van der Waals surface area contributed by atoms with Gasteiger partial charge >= 0.3 is 5.97 Å². The van der Waals surface area contributed by atoms with Crippen LogP contribution in [0.1, 0.15) is 28.2 Å². The van der Waals surface area contributed by atoms with Crippen molar-refractivity contribution in [2.75, 3.05) is 6.61 Å². The molecule has 0 aliphatic rings. The maximum atomic E-state index is 11.3. The van der Waals surface area contributed by atoms with Crippen LogP contribution in [0.15, 0.2) is 30.5 Å². The second kappa shape index (κ2) is 5.98. The zero-order valence-corrected chi connectivity index (χ0v) is 11.9. The Balaban J connectivity index is 1.99. The van der Waals surface area contributed by atoms with Gasteiger partial charge in [0.15, 0.2) is 5.69 Å². The first-order chi connectivity index (χ1) is 10.7. The fourth-order valence-corrected chi connectivity index (χ4v) is 2.53. The number of fused-ring (bicyclic) bond motifs is 1. The molecule has 0 radical (unpaired) electrons. The van der Waals surface area contributed by atoms with Crippen molar-refractivity contribution in [1.82, 2.24) is 20.0 Å². The van der Waals surface area contributed by atoms with Crippen LogP contribution >= 0.6 is 0 Å². The van der Waals surface area contributed by atoms with Crippen LogP contribution in [0.4, 0.5) is 0 Å². The second-order valence-electron chi connectivity index (χ2n) is 5.03. The molecule has 3 rings (SSSR count). The molecule has 0 amide bonds. The van der Waals surface area contributed by atoms with Crippen LogP contribution in [-0.2, 0) is 13.0 Å².